The summed E-state index contributed by atoms with van der Waals surface area (Å²) in [6, 6.07) is 3.84. The molecule has 0 spiro atoms. The van der Waals surface area contributed by atoms with Crippen molar-refractivity contribution in [3.05, 3.63) is 41.9 Å². The minimum atomic E-state index is 0.672. The number of nitrogen functional groups attached to an aromatic ring is 1. The van der Waals surface area contributed by atoms with Gasteiger partial charge < -0.3 is 11.1 Å². The Kier molecular flexibility index (Phi) is 2.72. The van der Waals surface area contributed by atoms with Crippen LogP contribution in [0.5, 0.6) is 0 Å². The lowest BCUT2D eigenvalue weighted by molar-refractivity contribution is 1.23. The van der Waals surface area contributed by atoms with Gasteiger partial charge in [-0.05, 0) is 37.1 Å². The van der Waals surface area contributed by atoms with Gasteiger partial charge in [0.15, 0.2) is 0 Å². The second kappa shape index (κ2) is 4.18. The van der Waals surface area contributed by atoms with Crippen LogP contribution in [0.4, 0.5) is 17.2 Å². The average Bonchev–Trinajstić information content (AvgIpc) is 2.25. The Labute approximate surface area is 94.5 Å². The van der Waals surface area contributed by atoms with E-state index < -0.39 is 0 Å². The maximum absolute atomic E-state index is 5.65. The van der Waals surface area contributed by atoms with Gasteiger partial charge in [-0.3, -0.25) is 4.98 Å². The molecule has 0 unspecified atom stereocenters. The van der Waals surface area contributed by atoms with Gasteiger partial charge in [-0.15, -0.1) is 0 Å². The van der Waals surface area contributed by atoms with Gasteiger partial charge in [0.1, 0.15) is 5.82 Å². The highest BCUT2D eigenvalue weighted by Crippen LogP contribution is 2.21. The summed E-state index contributed by atoms with van der Waals surface area (Å²) in [5.74, 6) is 0.810. The number of nitrogens with one attached hydrogen (secondary N) is 1. The lowest BCUT2D eigenvalue weighted by atomic mass is 10.2. The molecule has 3 N–H and O–H groups in total. The van der Waals surface area contributed by atoms with Gasteiger partial charge in [-0.1, -0.05) is 0 Å². The zero-order valence-corrected chi connectivity index (χ0v) is 9.36. The third kappa shape index (κ3) is 2.11. The van der Waals surface area contributed by atoms with E-state index in [4.69, 9.17) is 5.73 Å². The molecule has 0 aliphatic carbocycles. The largest absolute Gasteiger partial charge is 0.397 e. The molecule has 0 aliphatic heterocycles. The molecule has 0 saturated heterocycles. The summed E-state index contributed by atoms with van der Waals surface area (Å²) in [6.45, 7) is 3.99. The van der Waals surface area contributed by atoms with Crippen LogP contribution in [0.2, 0.25) is 0 Å². The molecule has 0 radical (unpaired) electrons. The lowest BCUT2D eigenvalue weighted by Crippen LogP contribution is -1.99. The molecule has 82 valence electrons. The van der Waals surface area contributed by atoms with Gasteiger partial charge in [-0.2, -0.15) is 0 Å². The second-order valence-corrected chi connectivity index (χ2v) is 3.75. The van der Waals surface area contributed by atoms with E-state index in [2.05, 4.69) is 15.3 Å². The standard InChI is InChI=1S/C12H14N4/c1-8-3-4-14-7-11(8)16-12-9(2)5-10(13)6-15-12/h3-7H,13H2,1-2H3,(H,15,16). The molecule has 2 rings (SSSR count). The van der Waals surface area contributed by atoms with Crippen molar-refractivity contribution >= 4 is 17.2 Å². The second-order valence-electron chi connectivity index (χ2n) is 3.75. The van der Waals surface area contributed by atoms with E-state index in [1.807, 2.05) is 26.0 Å². The first-order valence-corrected chi connectivity index (χ1v) is 5.06. The van der Waals surface area contributed by atoms with Crippen LogP contribution in [0, 0.1) is 13.8 Å². The van der Waals surface area contributed by atoms with Gasteiger partial charge in [0.2, 0.25) is 0 Å². The van der Waals surface area contributed by atoms with E-state index in [0.29, 0.717) is 5.69 Å². The van der Waals surface area contributed by atoms with E-state index in [9.17, 15) is 0 Å². The summed E-state index contributed by atoms with van der Waals surface area (Å²) in [7, 11) is 0. The number of nitrogens with two attached hydrogens (primary N) is 1. The molecule has 4 nitrogen and oxygen atoms in total. The van der Waals surface area contributed by atoms with Crippen molar-refractivity contribution in [1.82, 2.24) is 9.97 Å². The molecule has 0 bridgehead atoms. The van der Waals surface area contributed by atoms with Crippen LogP contribution < -0.4 is 11.1 Å². The van der Waals surface area contributed by atoms with Crippen LogP contribution in [-0.2, 0) is 0 Å². The molecule has 2 aromatic rings. The minimum Gasteiger partial charge on any atom is -0.397 e. The summed E-state index contributed by atoms with van der Waals surface area (Å²) in [5.41, 5.74) is 9.43. The summed E-state index contributed by atoms with van der Waals surface area (Å²) >= 11 is 0. The zero-order chi connectivity index (χ0) is 11.5. The molecule has 16 heavy (non-hydrogen) atoms. The van der Waals surface area contributed by atoms with Crippen molar-refractivity contribution in [2.24, 2.45) is 0 Å². The van der Waals surface area contributed by atoms with Crippen LogP contribution in [-0.4, -0.2) is 9.97 Å². The number of anilines is 3. The first-order chi connectivity index (χ1) is 7.66. The molecule has 0 aliphatic rings. The third-order valence-electron chi connectivity index (χ3n) is 2.39. The fourth-order valence-corrected chi connectivity index (χ4v) is 1.45. The Bertz CT molecular complexity index is 508. The average molecular weight is 214 g/mol. The number of hydrogen-bond acceptors (Lipinski definition) is 4. The van der Waals surface area contributed by atoms with E-state index >= 15 is 0 Å². The number of hydrogen-bond donors (Lipinski definition) is 2. The first-order valence-electron chi connectivity index (χ1n) is 5.06. The number of aromatic nitrogens is 2. The fourth-order valence-electron chi connectivity index (χ4n) is 1.45. The molecule has 4 heteroatoms. The molecule has 2 heterocycles. The fraction of sp³-hybridized carbons (Fsp3) is 0.167. The third-order valence-corrected chi connectivity index (χ3v) is 2.39. The number of nitrogens with zero attached hydrogens (tertiary/aromatic N) is 2. The van der Waals surface area contributed by atoms with Crippen LogP contribution in [0.3, 0.4) is 0 Å². The van der Waals surface area contributed by atoms with E-state index in [1.165, 1.54) is 0 Å². The van der Waals surface area contributed by atoms with Crippen molar-refractivity contribution < 1.29 is 0 Å². The molecule has 0 saturated carbocycles. The van der Waals surface area contributed by atoms with E-state index in [-0.39, 0.29) is 0 Å². The maximum atomic E-state index is 5.65. The van der Waals surface area contributed by atoms with Crippen molar-refractivity contribution in [2.45, 2.75) is 13.8 Å². The van der Waals surface area contributed by atoms with Gasteiger partial charge >= 0.3 is 0 Å². The summed E-state index contributed by atoms with van der Waals surface area (Å²) in [6.07, 6.45) is 5.19. The molecule has 0 atom stereocenters. The van der Waals surface area contributed by atoms with E-state index in [1.54, 1.807) is 18.6 Å². The smallest absolute Gasteiger partial charge is 0.133 e. The predicted molar refractivity (Wildman–Crippen MR) is 65.6 cm³/mol. The molecule has 2 aromatic heterocycles. The van der Waals surface area contributed by atoms with Crippen molar-refractivity contribution in [3.63, 3.8) is 0 Å². The minimum absolute atomic E-state index is 0.672. The first kappa shape index (κ1) is 10.4. The summed E-state index contributed by atoms with van der Waals surface area (Å²) in [5, 5.41) is 3.24. The summed E-state index contributed by atoms with van der Waals surface area (Å²) < 4.78 is 0. The topological polar surface area (TPSA) is 63.8 Å². The van der Waals surface area contributed by atoms with Gasteiger partial charge in [0.05, 0.1) is 23.8 Å². The maximum Gasteiger partial charge on any atom is 0.133 e. The Morgan fingerprint density at radius 2 is 2.00 bits per heavy atom. The summed E-state index contributed by atoms with van der Waals surface area (Å²) in [4.78, 5) is 8.32. The van der Waals surface area contributed by atoms with Gasteiger partial charge in [0.25, 0.3) is 0 Å². The Morgan fingerprint density at radius 3 is 2.69 bits per heavy atom. The zero-order valence-electron chi connectivity index (χ0n) is 9.36. The highest BCUT2D eigenvalue weighted by Gasteiger charge is 2.02. The highest BCUT2D eigenvalue weighted by atomic mass is 15.0. The highest BCUT2D eigenvalue weighted by molar-refractivity contribution is 5.62. The van der Waals surface area contributed by atoms with Crippen LogP contribution in [0.1, 0.15) is 11.1 Å². The van der Waals surface area contributed by atoms with Crippen molar-refractivity contribution in [1.29, 1.82) is 0 Å². The quantitative estimate of drug-likeness (QED) is 0.805. The normalized spacial score (nSPS) is 10.1. The van der Waals surface area contributed by atoms with Gasteiger partial charge in [0, 0.05) is 6.20 Å². The van der Waals surface area contributed by atoms with E-state index in [0.717, 1.165) is 22.6 Å². The molecular weight excluding hydrogens is 200 g/mol. The Morgan fingerprint density at radius 1 is 1.19 bits per heavy atom. The lowest BCUT2D eigenvalue weighted by Gasteiger charge is -2.10. The number of aryl methyl sites for hydroxylation is 2. The predicted octanol–water partition coefficient (Wildman–Crippen LogP) is 2.42. The molecule has 0 amide bonds. The van der Waals surface area contributed by atoms with Crippen LogP contribution >= 0.6 is 0 Å². The molecule has 0 aromatic carbocycles. The molecule has 0 fully saturated rings. The Balaban J connectivity index is 2.31. The number of pyridine rings is 2. The van der Waals surface area contributed by atoms with Crippen molar-refractivity contribution in [2.75, 3.05) is 11.1 Å². The number of rotatable bonds is 2. The molecular formula is C12H14N4. The SMILES string of the molecule is Cc1ccncc1Nc1ncc(N)cc1C. The van der Waals surface area contributed by atoms with Crippen LogP contribution in [0.15, 0.2) is 30.7 Å². The monoisotopic (exact) mass is 214 g/mol. The van der Waals surface area contributed by atoms with Crippen LogP contribution in [0.25, 0.3) is 0 Å². The van der Waals surface area contributed by atoms with Crippen molar-refractivity contribution in [3.8, 4) is 0 Å². The van der Waals surface area contributed by atoms with Gasteiger partial charge in [-0.25, -0.2) is 4.98 Å². The Hall–Kier alpha value is -2.10.